The van der Waals surface area contributed by atoms with E-state index in [1.54, 1.807) is 13.0 Å². The Labute approximate surface area is 196 Å². The van der Waals surface area contributed by atoms with Gasteiger partial charge in [0.1, 0.15) is 23.3 Å². The molecule has 1 atom stereocenters. The monoisotopic (exact) mass is 486 g/mol. The van der Waals surface area contributed by atoms with Crippen LogP contribution in [0.5, 0.6) is 0 Å². The summed E-state index contributed by atoms with van der Waals surface area (Å²) in [6.45, 7) is 1.26. The van der Waals surface area contributed by atoms with Crippen LogP contribution in [-0.2, 0) is 22.3 Å². The van der Waals surface area contributed by atoms with Gasteiger partial charge in [-0.3, -0.25) is 19.7 Å². The highest BCUT2D eigenvalue weighted by atomic mass is 19.4. The summed E-state index contributed by atoms with van der Waals surface area (Å²) in [5.41, 5.74) is -1.34. The Kier molecular flexibility index (Phi) is 5.93. The van der Waals surface area contributed by atoms with E-state index in [0.29, 0.717) is 5.76 Å². The molecule has 0 radical (unpaired) electrons. The number of ketones is 1. The Balaban J connectivity index is 1.81. The average Bonchev–Trinajstić information content (AvgIpc) is 3.34. The van der Waals surface area contributed by atoms with Crippen molar-refractivity contribution in [2.24, 2.45) is 0 Å². The zero-order valence-electron chi connectivity index (χ0n) is 18.1. The van der Waals surface area contributed by atoms with E-state index in [1.807, 2.05) is 0 Å². The van der Waals surface area contributed by atoms with Gasteiger partial charge in [-0.2, -0.15) is 13.2 Å². The second kappa shape index (κ2) is 8.75. The van der Waals surface area contributed by atoms with E-state index < -0.39 is 40.2 Å². The van der Waals surface area contributed by atoms with Crippen LogP contribution in [0.1, 0.15) is 34.3 Å². The molecule has 1 aliphatic rings. The lowest BCUT2D eigenvalue weighted by molar-refractivity contribution is -0.384. The highest BCUT2D eigenvalue weighted by Crippen LogP contribution is 2.41. The zero-order chi connectivity index (χ0) is 25.5. The number of hydrogen-bond donors (Lipinski definition) is 1. The van der Waals surface area contributed by atoms with E-state index in [1.165, 1.54) is 30.3 Å². The van der Waals surface area contributed by atoms with Crippen LogP contribution in [0, 0.1) is 17.0 Å². The average molecular weight is 486 g/mol. The maximum atomic E-state index is 13.2. The summed E-state index contributed by atoms with van der Waals surface area (Å²) in [7, 11) is 0. The van der Waals surface area contributed by atoms with Crippen molar-refractivity contribution in [2.75, 3.05) is 0 Å². The van der Waals surface area contributed by atoms with Crippen molar-refractivity contribution in [3.05, 3.63) is 105 Å². The number of nitrogens with zero attached hydrogens (tertiary/aromatic N) is 2. The van der Waals surface area contributed by atoms with Crippen LogP contribution in [0.15, 0.2) is 70.7 Å². The number of aliphatic hydroxyl groups is 1. The van der Waals surface area contributed by atoms with Gasteiger partial charge in [-0.05, 0) is 48.9 Å². The molecule has 0 aliphatic carbocycles. The summed E-state index contributed by atoms with van der Waals surface area (Å²) in [4.78, 5) is 37.2. The number of aliphatic hydroxyl groups excluding tert-OH is 1. The van der Waals surface area contributed by atoms with Gasteiger partial charge in [0.2, 0.25) is 0 Å². The zero-order valence-corrected chi connectivity index (χ0v) is 18.1. The van der Waals surface area contributed by atoms with Crippen LogP contribution < -0.4 is 0 Å². The number of nitro benzene ring substituents is 1. The number of halogens is 3. The quantitative estimate of drug-likeness (QED) is 0.176. The first-order valence-corrected chi connectivity index (χ1v) is 10.2. The lowest BCUT2D eigenvalue weighted by Crippen LogP contribution is -2.29. The first-order valence-electron chi connectivity index (χ1n) is 10.2. The largest absolute Gasteiger partial charge is 0.507 e. The standard InChI is InChI=1S/C24H17F3N2O6/c1-13-5-10-18(35-13)20-19(21(30)15-6-8-17(9-7-15)29(33)34)22(31)23(32)28(20)12-14-3-2-4-16(11-14)24(25,26)27/h2-11,20,30H,12H2,1H3/b21-19-. The molecule has 1 aromatic heterocycles. The predicted octanol–water partition coefficient (Wildman–Crippen LogP) is 5.14. The van der Waals surface area contributed by atoms with Crippen molar-refractivity contribution in [3.8, 4) is 0 Å². The molecular weight excluding hydrogens is 469 g/mol. The van der Waals surface area contributed by atoms with Crippen LogP contribution in [0.4, 0.5) is 18.9 Å². The SMILES string of the molecule is Cc1ccc(C2/C(=C(/O)c3ccc([N+](=O)[O-])cc3)C(=O)C(=O)N2Cc2cccc(C(F)(F)F)c2)o1. The number of Topliss-reactive ketones (excluding diaryl/α,β-unsaturated/α-hetero) is 1. The molecule has 11 heteroatoms. The number of non-ortho nitro benzene ring substituents is 1. The lowest BCUT2D eigenvalue weighted by Gasteiger charge is -2.23. The number of carbonyl (C=O) groups is 2. The van der Waals surface area contributed by atoms with E-state index in [-0.39, 0.29) is 34.7 Å². The molecule has 1 aliphatic heterocycles. The fourth-order valence-corrected chi connectivity index (χ4v) is 3.88. The van der Waals surface area contributed by atoms with Crippen LogP contribution in [0.3, 0.4) is 0 Å². The molecule has 0 bridgehead atoms. The number of alkyl halides is 3. The van der Waals surface area contributed by atoms with Gasteiger partial charge in [0.25, 0.3) is 17.4 Å². The van der Waals surface area contributed by atoms with Crippen molar-refractivity contribution in [1.82, 2.24) is 4.90 Å². The van der Waals surface area contributed by atoms with Gasteiger partial charge in [0.05, 0.1) is 16.1 Å². The number of nitro groups is 1. The van der Waals surface area contributed by atoms with E-state index in [4.69, 9.17) is 4.42 Å². The molecular formula is C24H17F3N2O6. The van der Waals surface area contributed by atoms with Crippen LogP contribution >= 0.6 is 0 Å². The fraction of sp³-hybridized carbons (Fsp3) is 0.167. The van der Waals surface area contributed by atoms with Crippen molar-refractivity contribution in [3.63, 3.8) is 0 Å². The summed E-state index contributed by atoms with van der Waals surface area (Å²) >= 11 is 0. The third-order valence-electron chi connectivity index (χ3n) is 5.53. The van der Waals surface area contributed by atoms with Gasteiger partial charge < -0.3 is 14.4 Å². The first-order chi connectivity index (χ1) is 16.5. The Bertz CT molecular complexity index is 1360. The molecule has 1 amide bonds. The normalized spacial score (nSPS) is 17.7. The number of hydrogen-bond acceptors (Lipinski definition) is 6. The molecule has 1 unspecified atom stereocenters. The molecule has 2 aromatic carbocycles. The number of benzene rings is 2. The summed E-state index contributed by atoms with van der Waals surface area (Å²) in [6, 6.07) is 10.9. The minimum absolute atomic E-state index is 0.0425. The molecule has 8 nitrogen and oxygen atoms in total. The van der Waals surface area contributed by atoms with E-state index >= 15 is 0 Å². The molecule has 35 heavy (non-hydrogen) atoms. The molecule has 0 spiro atoms. The van der Waals surface area contributed by atoms with E-state index in [9.17, 15) is 38.0 Å². The van der Waals surface area contributed by atoms with Crippen LogP contribution in [0.2, 0.25) is 0 Å². The van der Waals surface area contributed by atoms with Gasteiger partial charge in [-0.1, -0.05) is 12.1 Å². The number of carbonyl (C=O) groups excluding carboxylic acids is 2. The van der Waals surface area contributed by atoms with Crippen molar-refractivity contribution >= 4 is 23.1 Å². The van der Waals surface area contributed by atoms with E-state index in [0.717, 1.165) is 29.2 Å². The van der Waals surface area contributed by atoms with E-state index in [2.05, 4.69) is 0 Å². The Morgan fingerprint density at radius 2 is 1.80 bits per heavy atom. The summed E-state index contributed by atoms with van der Waals surface area (Å²) in [5.74, 6) is -2.13. The second-order valence-electron chi connectivity index (χ2n) is 7.88. The van der Waals surface area contributed by atoms with Gasteiger partial charge in [0.15, 0.2) is 0 Å². The minimum Gasteiger partial charge on any atom is -0.507 e. The van der Waals surface area contributed by atoms with Gasteiger partial charge in [0, 0.05) is 24.2 Å². The number of likely N-dealkylation sites (tertiary alicyclic amines) is 1. The third kappa shape index (κ3) is 4.52. The Morgan fingerprint density at radius 1 is 1.11 bits per heavy atom. The maximum absolute atomic E-state index is 13.2. The predicted molar refractivity (Wildman–Crippen MR) is 116 cm³/mol. The molecule has 4 rings (SSSR count). The second-order valence-corrected chi connectivity index (χ2v) is 7.88. The molecule has 1 fully saturated rings. The van der Waals surface area contributed by atoms with Gasteiger partial charge >= 0.3 is 6.18 Å². The molecule has 2 heterocycles. The molecule has 1 N–H and O–H groups in total. The summed E-state index contributed by atoms with van der Waals surface area (Å²) in [5, 5.41) is 21.8. The molecule has 180 valence electrons. The van der Waals surface area contributed by atoms with Crippen LogP contribution in [-0.4, -0.2) is 26.6 Å². The van der Waals surface area contributed by atoms with Crippen molar-refractivity contribution < 1.29 is 37.2 Å². The highest BCUT2D eigenvalue weighted by Gasteiger charge is 2.47. The van der Waals surface area contributed by atoms with Gasteiger partial charge in [-0.25, -0.2) is 0 Å². The topological polar surface area (TPSA) is 114 Å². The Hall–Kier alpha value is -4.41. The number of furan rings is 1. The summed E-state index contributed by atoms with van der Waals surface area (Å²) in [6.07, 6.45) is -4.60. The summed E-state index contributed by atoms with van der Waals surface area (Å²) < 4.78 is 45.1. The van der Waals surface area contributed by atoms with Crippen molar-refractivity contribution in [1.29, 1.82) is 0 Å². The molecule has 3 aromatic rings. The third-order valence-corrected chi connectivity index (χ3v) is 5.53. The number of aryl methyl sites for hydroxylation is 1. The van der Waals surface area contributed by atoms with Crippen LogP contribution in [0.25, 0.3) is 5.76 Å². The Morgan fingerprint density at radius 3 is 2.37 bits per heavy atom. The number of amides is 1. The number of rotatable bonds is 5. The lowest BCUT2D eigenvalue weighted by atomic mass is 9.99. The maximum Gasteiger partial charge on any atom is 0.416 e. The minimum atomic E-state index is -4.60. The highest BCUT2D eigenvalue weighted by molar-refractivity contribution is 6.46. The van der Waals surface area contributed by atoms with Gasteiger partial charge in [-0.15, -0.1) is 0 Å². The first kappa shape index (κ1) is 23.7. The molecule has 0 saturated carbocycles. The fourth-order valence-electron chi connectivity index (χ4n) is 3.88. The smallest absolute Gasteiger partial charge is 0.416 e. The van der Waals surface area contributed by atoms with Crippen molar-refractivity contribution in [2.45, 2.75) is 25.7 Å². The molecule has 1 saturated heterocycles.